The van der Waals surface area contributed by atoms with E-state index in [0.717, 1.165) is 11.1 Å². The molecule has 24 heavy (non-hydrogen) atoms. The van der Waals surface area contributed by atoms with Gasteiger partial charge in [-0.15, -0.1) is 24.0 Å². The average Bonchev–Trinajstić information content (AvgIpc) is 2.51. The van der Waals surface area contributed by atoms with Gasteiger partial charge in [0.2, 0.25) is 0 Å². The SMILES string of the molecule is CN=C(NCCc1cccc(F)c1)N(C)Cc1cccc(F)c1.I. The van der Waals surface area contributed by atoms with Crippen molar-refractivity contribution in [2.45, 2.75) is 13.0 Å². The van der Waals surface area contributed by atoms with Crippen molar-refractivity contribution in [2.24, 2.45) is 4.99 Å². The van der Waals surface area contributed by atoms with Crippen molar-refractivity contribution < 1.29 is 8.78 Å². The van der Waals surface area contributed by atoms with Crippen molar-refractivity contribution in [3.8, 4) is 0 Å². The number of aliphatic imine (C=N–C) groups is 1. The number of halogens is 3. The summed E-state index contributed by atoms with van der Waals surface area (Å²) in [6.07, 6.45) is 0.699. The predicted molar refractivity (Wildman–Crippen MR) is 105 cm³/mol. The van der Waals surface area contributed by atoms with Gasteiger partial charge in [0.1, 0.15) is 11.6 Å². The second-order valence-corrected chi connectivity index (χ2v) is 5.34. The Morgan fingerprint density at radius 3 is 2.21 bits per heavy atom. The van der Waals surface area contributed by atoms with Crippen molar-refractivity contribution in [1.82, 2.24) is 10.2 Å². The smallest absolute Gasteiger partial charge is 0.193 e. The number of benzene rings is 2. The molecule has 0 aromatic heterocycles. The van der Waals surface area contributed by atoms with Crippen LogP contribution in [0.1, 0.15) is 11.1 Å². The largest absolute Gasteiger partial charge is 0.356 e. The van der Waals surface area contributed by atoms with E-state index in [2.05, 4.69) is 10.3 Å². The van der Waals surface area contributed by atoms with Gasteiger partial charge in [0, 0.05) is 27.2 Å². The van der Waals surface area contributed by atoms with E-state index < -0.39 is 0 Å². The van der Waals surface area contributed by atoms with Crippen molar-refractivity contribution in [3.05, 3.63) is 71.3 Å². The Morgan fingerprint density at radius 2 is 1.62 bits per heavy atom. The van der Waals surface area contributed by atoms with Crippen molar-refractivity contribution in [2.75, 3.05) is 20.6 Å². The van der Waals surface area contributed by atoms with Crippen LogP contribution in [0.4, 0.5) is 8.78 Å². The highest BCUT2D eigenvalue weighted by Crippen LogP contribution is 2.07. The number of guanidine groups is 1. The van der Waals surface area contributed by atoms with Crippen LogP contribution in [0.5, 0.6) is 0 Å². The van der Waals surface area contributed by atoms with Gasteiger partial charge in [-0.3, -0.25) is 4.99 Å². The van der Waals surface area contributed by atoms with Gasteiger partial charge in [-0.2, -0.15) is 0 Å². The zero-order valence-corrected chi connectivity index (χ0v) is 16.1. The lowest BCUT2D eigenvalue weighted by Gasteiger charge is -2.22. The van der Waals surface area contributed by atoms with Gasteiger partial charge < -0.3 is 10.2 Å². The summed E-state index contributed by atoms with van der Waals surface area (Å²) in [6.45, 7) is 1.20. The molecular weight excluding hydrogens is 423 g/mol. The van der Waals surface area contributed by atoms with Crippen LogP contribution >= 0.6 is 24.0 Å². The van der Waals surface area contributed by atoms with Crippen LogP contribution in [0.25, 0.3) is 0 Å². The summed E-state index contributed by atoms with van der Waals surface area (Å²) in [5.41, 5.74) is 1.81. The van der Waals surface area contributed by atoms with E-state index in [1.54, 1.807) is 19.2 Å². The third-order valence-corrected chi connectivity index (χ3v) is 3.47. The Hall–Kier alpha value is -1.70. The van der Waals surface area contributed by atoms with Crippen LogP contribution < -0.4 is 5.32 Å². The first-order valence-electron chi connectivity index (χ1n) is 7.49. The molecule has 0 unspecified atom stereocenters. The molecule has 130 valence electrons. The Labute approximate surface area is 158 Å². The molecule has 6 heteroatoms. The average molecular weight is 445 g/mol. The van der Waals surface area contributed by atoms with Crippen LogP contribution in [0.2, 0.25) is 0 Å². The van der Waals surface area contributed by atoms with E-state index in [4.69, 9.17) is 0 Å². The van der Waals surface area contributed by atoms with E-state index in [-0.39, 0.29) is 35.6 Å². The monoisotopic (exact) mass is 445 g/mol. The van der Waals surface area contributed by atoms with Gasteiger partial charge in [-0.1, -0.05) is 24.3 Å². The number of hydrogen-bond acceptors (Lipinski definition) is 1. The Morgan fingerprint density at radius 1 is 1.04 bits per heavy atom. The van der Waals surface area contributed by atoms with E-state index in [1.807, 2.05) is 24.1 Å². The molecule has 0 bridgehead atoms. The molecule has 0 aliphatic heterocycles. The Kier molecular flexibility index (Phi) is 8.67. The standard InChI is InChI=1S/C18H21F2N3.HI/c1-21-18(22-10-9-14-5-3-7-16(19)11-14)23(2)13-15-6-4-8-17(20)12-15;/h3-8,11-12H,9-10,13H2,1-2H3,(H,21,22);1H. The maximum atomic E-state index is 13.2. The third kappa shape index (κ3) is 6.43. The quantitative estimate of drug-likeness (QED) is 0.431. The zero-order chi connectivity index (χ0) is 16.7. The van der Waals surface area contributed by atoms with Gasteiger partial charge in [0.15, 0.2) is 5.96 Å². The summed E-state index contributed by atoms with van der Waals surface area (Å²) < 4.78 is 26.4. The van der Waals surface area contributed by atoms with Gasteiger partial charge >= 0.3 is 0 Å². The molecule has 3 nitrogen and oxygen atoms in total. The van der Waals surface area contributed by atoms with Crippen LogP contribution in [-0.2, 0) is 13.0 Å². The first kappa shape index (κ1) is 20.3. The molecule has 0 aliphatic carbocycles. The van der Waals surface area contributed by atoms with E-state index >= 15 is 0 Å². The summed E-state index contributed by atoms with van der Waals surface area (Å²) in [5.74, 6) is 0.241. The highest BCUT2D eigenvalue weighted by atomic mass is 127. The molecule has 0 amide bonds. The van der Waals surface area contributed by atoms with Gasteiger partial charge in [-0.05, 0) is 41.8 Å². The molecule has 0 aliphatic rings. The summed E-state index contributed by atoms with van der Waals surface area (Å²) in [6, 6.07) is 13.1. The molecule has 2 aromatic rings. The molecule has 2 rings (SSSR count). The van der Waals surface area contributed by atoms with Crippen molar-refractivity contribution >= 4 is 29.9 Å². The van der Waals surface area contributed by atoms with Crippen LogP contribution in [-0.4, -0.2) is 31.5 Å². The fraction of sp³-hybridized carbons (Fsp3) is 0.278. The fourth-order valence-corrected chi connectivity index (χ4v) is 2.38. The first-order valence-corrected chi connectivity index (χ1v) is 7.49. The minimum atomic E-state index is -0.245. The third-order valence-electron chi connectivity index (χ3n) is 3.47. The summed E-state index contributed by atoms with van der Waals surface area (Å²) in [7, 11) is 3.59. The lowest BCUT2D eigenvalue weighted by Crippen LogP contribution is -2.39. The van der Waals surface area contributed by atoms with Crippen LogP contribution in [0, 0.1) is 11.6 Å². The van der Waals surface area contributed by atoms with Gasteiger partial charge in [0.05, 0.1) is 0 Å². The molecule has 0 radical (unpaired) electrons. The van der Waals surface area contributed by atoms with E-state index in [1.165, 1.54) is 24.3 Å². The van der Waals surface area contributed by atoms with Crippen LogP contribution in [0.3, 0.4) is 0 Å². The van der Waals surface area contributed by atoms with Crippen LogP contribution in [0.15, 0.2) is 53.5 Å². The van der Waals surface area contributed by atoms with Crippen molar-refractivity contribution in [1.29, 1.82) is 0 Å². The van der Waals surface area contributed by atoms with E-state index in [9.17, 15) is 8.78 Å². The molecule has 2 aromatic carbocycles. The van der Waals surface area contributed by atoms with Gasteiger partial charge in [-0.25, -0.2) is 8.78 Å². The summed E-state index contributed by atoms with van der Waals surface area (Å²) in [4.78, 5) is 6.14. The second-order valence-electron chi connectivity index (χ2n) is 5.34. The number of rotatable bonds is 5. The second kappa shape index (κ2) is 10.2. The maximum absolute atomic E-state index is 13.2. The highest BCUT2D eigenvalue weighted by Gasteiger charge is 2.07. The molecule has 0 saturated heterocycles. The van der Waals surface area contributed by atoms with Crippen molar-refractivity contribution in [3.63, 3.8) is 0 Å². The fourth-order valence-electron chi connectivity index (χ4n) is 2.38. The molecule has 0 atom stereocenters. The zero-order valence-electron chi connectivity index (χ0n) is 13.8. The normalized spacial score (nSPS) is 10.9. The highest BCUT2D eigenvalue weighted by molar-refractivity contribution is 14.0. The Balaban J connectivity index is 0.00000288. The minimum absolute atomic E-state index is 0. The molecular formula is C18H22F2IN3. The van der Waals surface area contributed by atoms with E-state index in [0.29, 0.717) is 25.5 Å². The maximum Gasteiger partial charge on any atom is 0.193 e. The summed E-state index contributed by atoms with van der Waals surface area (Å²) >= 11 is 0. The Bertz CT molecular complexity index is 677. The first-order chi connectivity index (χ1) is 11.1. The lowest BCUT2D eigenvalue weighted by atomic mass is 10.1. The minimum Gasteiger partial charge on any atom is -0.356 e. The molecule has 0 spiro atoms. The lowest BCUT2D eigenvalue weighted by molar-refractivity contribution is 0.475. The molecule has 0 fully saturated rings. The molecule has 1 N–H and O–H groups in total. The number of nitrogens with one attached hydrogen (secondary N) is 1. The van der Waals surface area contributed by atoms with Gasteiger partial charge in [0.25, 0.3) is 0 Å². The predicted octanol–water partition coefficient (Wildman–Crippen LogP) is 3.83. The topological polar surface area (TPSA) is 27.6 Å². The summed E-state index contributed by atoms with van der Waals surface area (Å²) in [5, 5.41) is 3.23. The number of hydrogen-bond donors (Lipinski definition) is 1. The molecule has 0 heterocycles. The number of nitrogens with zero attached hydrogens (tertiary/aromatic N) is 2. The molecule has 0 saturated carbocycles.